The van der Waals surface area contributed by atoms with Crippen LogP contribution < -0.4 is 14.8 Å². The van der Waals surface area contributed by atoms with Gasteiger partial charge >= 0.3 is 5.97 Å². The first-order chi connectivity index (χ1) is 13.6. The van der Waals surface area contributed by atoms with Crippen LogP contribution in [0.5, 0.6) is 11.5 Å². The predicted octanol–water partition coefficient (Wildman–Crippen LogP) is 2.43. The van der Waals surface area contributed by atoms with E-state index in [0.717, 1.165) is 35.5 Å². The minimum Gasteiger partial charge on any atom is -0.491 e. The minimum absolute atomic E-state index is 0.0552. The lowest BCUT2D eigenvalue weighted by Gasteiger charge is -2.27. The standard InChI is InChI=1S/C22H27NO5/c24-18(15-27-19-4-2-1-3-5-19)13-23-14-20-9-8-17-12-16(7-11-22(25)26)6-10-21(17)28-20/h1-6,10,12,18,20,23-24H,7-9,11,13-15H2,(H,25,26). The molecule has 1 aliphatic heterocycles. The van der Waals surface area contributed by atoms with Crippen LogP contribution in [0.2, 0.25) is 0 Å². The molecule has 0 fully saturated rings. The number of aliphatic carboxylic acids is 1. The van der Waals surface area contributed by atoms with E-state index in [0.29, 0.717) is 19.5 Å². The second-order valence-electron chi connectivity index (χ2n) is 7.05. The van der Waals surface area contributed by atoms with Gasteiger partial charge in [0.15, 0.2) is 0 Å². The Morgan fingerprint density at radius 1 is 1.25 bits per heavy atom. The van der Waals surface area contributed by atoms with Gasteiger partial charge in [-0.2, -0.15) is 0 Å². The van der Waals surface area contributed by atoms with Gasteiger partial charge < -0.3 is 25.0 Å². The van der Waals surface area contributed by atoms with Crippen LogP contribution in [0.1, 0.15) is 24.0 Å². The monoisotopic (exact) mass is 385 g/mol. The Kier molecular flexibility index (Phi) is 7.28. The highest BCUT2D eigenvalue weighted by molar-refractivity contribution is 5.67. The maximum absolute atomic E-state index is 10.7. The zero-order valence-electron chi connectivity index (χ0n) is 15.8. The van der Waals surface area contributed by atoms with Gasteiger partial charge in [-0.05, 0) is 48.6 Å². The molecule has 150 valence electrons. The van der Waals surface area contributed by atoms with Crippen LogP contribution in [0.3, 0.4) is 0 Å². The second kappa shape index (κ2) is 10.1. The van der Waals surface area contributed by atoms with Gasteiger partial charge in [-0.1, -0.05) is 30.3 Å². The number of nitrogens with one attached hydrogen (secondary N) is 1. The summed E-state index contributed by atoms with van der Waals surface area (Å²) in [5, 5.41) is 22.1. The molecule has 2 unspecified atom stereocenters. The van der Waals surface area contributed by atoms with Crippen LogP contribution in [0.15, 0.2) is 48.5 Å². The number of aliphatic hydroxyl groups excluding tert-OH is 1. The van der Waals surface area contributed by atoms with Crippen molar-refractivity contribution in [2.45, 2.75) is 37.9 Å². The fourth-order valence-corrected chi connectivity index (χ4v) is 3.23. The zero-order valence-corrected chi connectivity index (χ0v) is 15.8. The largest absolute Gasteiger partial charge is 0.491 e. The molecule has 3 N–H and O–H groups in total. The molecule has 6 heteroatoms. The van der Waals surface area contributed by atoms with E-state index in [1.165, 1.54) is 0 Å². The van der Waals surface area contributed by atoms with Crippen LogP contribution in [0.25, 0.3) is 0 Å². The first kappa shape index (κ1) is 20.2. The van der Waals surface area contributed by atoms with Crippen LogP contribution in [0, 0.1) is 0 Å². The topological polar surface area (TPSA) is 88.0 Å². The van der Waals surface area contributed by atoms with Crippen molar-refractivity contribution >= 4 is 5.97 Å². The molecule has 0 bridgehead atoms. The van der Waals surface area contributed by atoms with Gasteiger partial charge in [0.25, 0.3) is 0 Å². The fraction of sp³-hybridized carbons (Fsp3) is 0.409. The van der Waals surface area contributed by atoms with E-state index in [1.807, 2.05) is 48.5 Å². The highest BCUT2D eigenvalue weighted by Crippen LogP contribution is 2.28. The van der Waals surface area contributed by atoms with Gasteiger partial charge in [-0.25, -0.2) is 0 Å². The Balaban J connectivity index is 1.38. The van der Waals surface area contributed by atoms with E-state index in [1.54, 1.807) is 0 Å². The van der Waals surface area contributed by atoms with Crippen LogP contribution in [-0.4, -0.2) is 48.1 Å². The summed E-state index contributed by atoms with van der Waals surface area (Å²) < 4.78 is 11.6. The molecule has 2 aromatic carbocycles. The van der Waals surface area contributed by atoms with Crippen molar-refractivity contribution in [3.8, 4) is 11.5 Å². The summed E-state index contributed by atoms with van der Waals surface area (Å²) >= 11 is 0. The maximum atomic E-state index is 10.7. The van der Waals surface area contributed by atoms with Crippen molar-refractivity contribution in [2.24, 2.45) is 0 Å². The van der Waals surface area contributed by atoms with Gasteiger partial charge in [0, 0.05) is 19.5 Å². The number of rotatable bonds is 10. The summed E-state index contributed by atoms with van der Waals surface area (Å²) in [6, 6.07) is 15.3. The molecule has 0 saturated heterocycles. The maximum Gasteiger partial charge on any atom is 0.303 e. The molecule has 1 heterocycles. The van der Waals surface area contributed by atoms with Crippen LogP contribution in [0.4, 0.5) is 0 Å². The van der Waals surface area contributed by atoms with E-state index in [9.17, 15) is 9.90 Å². The summed E-state index contributed by atoms with van der Waals surface area (Å²) in [6.07, 6.45) is 1.94. The molecular formula is C22H27NO5. The molecule has 3 rings (SSSR count). The summed E-state index contributed by atoms with van der Waals surface area (Å²) in [5.41, 5.74) is 2.17. The van der Waals surface area contributed by atoms with E-state index in [4.69, 9.17) is 14.6 Å². The Bertz CT molecular complexity index is 765. The van der Waals surface area contributed by atoms with Crippen LogP contribution >= 0.6 is 0 Å². The van der Waals surface area contributed by atoms with Crippen molar-refractivity contribution in [3.05, 3.63) is 59.7 Å². The lowest BCUT2D eigenvalue weighted by molar-refractivity contribution is -0.136. The number of fused-ring (bicyclic) bond motifs is 1. The first-order valence-electron chi connectivity index (χ1n) is 9.67. The third-order valence-electron chi connectivity index (χ3n) is 4.72. The van der Waals surface area contributed by atoms with Gasteiger partial charge in [-0.3, -0.25) is 4.79 Å². The Labute approximate surface area is 165 Å². The Hall–Kier alpha value is -2.57. The summed E-state index contributed by atoms with van der Waals surface area (Å²) in [5.74, 6) is 0.832. The number of hydrogen-bond acceptors (Lipinski definition) is 5. The number of para-hydroxylation sites is 1. The van der Waals surface area contributed by atoms with Crippen LogP contribution in [-0.2, 0) is 17.6 Å². The minimum atomic E-state index is -0.781. The Morgan fingerprint density at radius 3 is 2.86 bits per heavy atom. The van der Waals surface area contributed by atoms with Crippen molar-refractivity contribution in [1.29, 1.82) is 0 Å². The second-order valence-corrected chi connectivity index (χ2v) is 7.05. The summed E-state index contributed by atoms with van der Waals surface area (Å²) in [4.78, 5) is 10.7. The quantitative estimate of drug-likeness (QED) is 0.582. The zero-order chi connectivity index (χ0) is 19.8. The summed E-state index contributed by atoms with van der Waals surface area (Å²) in [6.45, 7) is 1.33. The molecule has 2 aromatic rings. The van der Waals surface area contributed by atoms with Crippen molar-refractivity contribution in [3.63, 3.8) is 0 Å². The molecule has 0 aliphatic carbocycles. The smallest absolute Gasteiger partial charge is 0.303 e. The van der Waals surface area contributed by atoms with E-state index in [-0.39, 0.29) is 19.1 Å². The van der Waals surface area contributed by atoms with E-state index < -0.39 is 12.1 Å². The molecule has 2 atom stereocenters. The lowest BCUT2D eigenvalue weighted by Crippen LogP contribution is -2.39. The van der Waals surface area contributed by atoms with Crippen molar-refractivity contribution in [1.82, 2.24) is 5.32 Å². The molecule has 0 aromatic heterocycles. The number of aryl methyl sites for hydroxylation is 2. The number of carboxylic acids is 1. The number of carboxylic acid groups (broad SMARTS) is 1. The van der Waals surface area contributed by atoms with Gasteiger partial charge in [0.2, 0.25) is 0 Å². The van der Waals surface area contributed by atoms with E-state index >= 15 is 0 Å². The molecule has 0 amide bonds. The molecule has 1 aliphatic rings. The summed E-state index contributed by atoms with van der Waals surface area (Å²) in [7, 11) is 0. The SMILES string of the molecule is O=C(O)CCc1ccc2c(c1)CCC(CNCC(O)COc1ccccc1)O2. The number of benzene rings is 2. The molecule has 0 radical (unpaired) electrons. The third kappa shape index (κ3) is 6.25. The molecular weight excluding hydrogens is 358 g/mol. The van der Waals surface area contributed by atoms with Gasteiger partial charge in [0.05, 0.1) is 0 Å². The number of hydrogen-bond donors (Lipinski definition) is 3. The molecule has 0 spiro atoms. The molecule has 28 heavy (non-hydrogen) atoms. The average molecular weight is 385 g/mol. The van der Waals surface area contributed by atoms with Gasteiger partial charge in [0.1, 0.15) is 30.3 Å². The Morgan fingerprint density at radius 2 is 2.07 bits per heavy atom. The van der Waals surface area contributed by atoms with Crippen molar-refractivity contribution < 1.29 is 24.5 Å². The lowest BCUT2D eigenvalue weighted by atomic mass is 9.98. The number of ether oxygens (including phenoxy) is 2. The predicted molar refractivity (Wildman–Crippen MR) is 106 cm³/mol. The third-order valence-corrected chi connectivity index (χ3v) is 4.72. The molecule has 0 saturated carbocycles. The normalized spacial score (nSPS) is 16.7. The highest BCUT2D eigenvalue weighted by atomic mass is 16.5. The number of aliphatic hydroxyl groups is 1. The number of carbonyl (C=O) groups is 1. The molecule has 6 nitrogen and oxygen atoms in total. The average Bonchev–Trinajstić information content (AvgIpc) is 2.71. The van der Waals surface area contributed by atoms with Crippen molar-refractivity contribution in [2.75, 3.05) is 19.7 Å². The van der Waals surface area contributed by atoms with Gasteiger partial charge in [-0.15, -0.1) is 0 Å². The highest BCUT2D eigenvalue weighted by Gasteiger charge is 2.20. The van der Waals surface area contributed by atoms with E-state index in [2.05, 4.69) is 5.32 Å². The fourth-order valence-electron chi connectivity index (χ4n) is 3.23. The first-order valence-corrected chi connectivity index (χ1v) is 9.67.